The number of allylic oxidation sites excluding steroid dienone is 2. The monoisotopic (exact) mass is 252 g/mol. The standard InChI is InChI=1S/C14H20O4/c1-17-12(15)14(13(16)18-2)8-10-6-4-3-5-7-11(10)9-14/h4,6,10-11H,3,5,7-9H2,1-2H3. The summed E-state index contributed by atoms with van der Waals surface area (Å²) in [5, 5.41) is 0. The number of carbonyl (C=O) groups excluding carboxylic acids is 2. The summed E-state index contributed by atoms with van der Waals surface area (Å²) >= 11 is 0. The highest BCUT2D eigenvalue weighted by atomic mass is 16.5. The van der Waals surface area contributed by atoms with Crippen molar-refractivity contribution in [1.82, 2.24) is 0 Å². The molecule has 100 valence electrons. The first-order valence-electron chi connectivity index (χ1n) is 6.47. The number of rotatable bonds is 2. The molecule has 0 aromatic rings. The minimum Gasteiger partial charge on any atom is -0.468 e. The maximum Gasteiger partial charge on any atom is 0.323 e. The second-order valence-electron chi connectivity index (χ2n) is 5.26. The Morgan fingerprint density at radius 1 is 1.17 bits per heavy atom. The Morgan fingerprint density at radius 3 is 2.44 bits per heavy atom. The molecule has 2 rings (SSSR count). The topological polar surface area (TPSA) is 52.6 Å². The van der Waals surface area contributed by atoms with Crippen LogP contribution in [0.1, 0.15) is 32.1 Å². The predicted octanol–water partition coefficient (Wildman–Crippen LogP) is 2.09. The quantitative estimate of drug-likeness (QED) is 0.429. The molecule has 0 amide bonds. The Hall–Kier alpha value is -1.32. The molecule has 0 aromatic carbocycles. The normalized spacial score (nSPS) is 29.2. The van der Waals surface area contributed by atoms with E-state index in [9.17, 15) is 9.59 Å². The van der Waals surface area contributed by atoms with E-state index in [1.54, 1.807) is 0 Å². The average molecular weight is 252 g/mol. The lowest BCUT2D eigenvalue weighted by molar-refractivity contribution is -0.169. The molecule has 0 radical (unpaired) electrons. The zero-order valence-electron chi connectivity index (χ0n) is 11.0. The Morgan fingerprint density at radius 2 is 1.83 bits per heavy atom. The molecule has 0 aliphatic heterocycles. The number of methoxy groups -OCH3 is 2. The number of esters is 2. The fraction of sp³-hybridized carbons (Fsp3) is 0.714. The summed E-state index contributed by atoms with van der Waals surface area (Å²) in [6.45, 7) is 0. The second-order valence-corrected chi connectivity index (χ2v) is 5.26. The van der Waals surface area contributed by atoms with Crippen LogP contribution in [0.3, 0.4) is 0 Å². The Bertz CT molecular complexity index is 356. The molecule has 4 nitrogen and oxygen atoms in total. The molecule has 1 saturated carbocycles. The van der Waals surface area contributed by atoms with Crippen molar-refractivity contribution in [2.24, 2.45) is 17.3 Å². The highest BCUT2D eigenvalue weighted by Crippen LogP contribution is 2.50. The number of hydrogen-bond donors (Lipinski definition) is 0. The number of carbonyl (C=O) groups is 2. The summed E-state index contributed by atoms with van der Waals surface area (Å²) in [4.78, 5) is 24.0. The smallest absolute Gasteiger partial charge is 0.323 e. The molecule has 0 aromatic heterocycles. The summed E-state index contributed by atoms with van der Waals surface area (Å²) in [5.41, 5.74) is -1.08. The van der Waals surface area contributed by atoms with Crippen molar-refractivity contribution in [3.8, 4) is 0 Å². The Labute approximate surface area is 107 Å². The largest absolute Gasteiger partial charge is 0.468 e. The molecule has 0 spiro atoms. The van der Waals surface area contributed by atoms with E-state index in [0.717, 1.165) is 19.3 Å². The van der Waals surface area contributed by atoms with Crippen LogP contribution in [0.2, 0.25) is 0 Å². The fourth-order valence-electron chi connectivity index (χ4n) is 3.37. The van der Waals surface area contributed by atoms with Gasteiger partial charge in [0.25, 0.3) is 0 Å². The van der Waals surface area contributed by atoms with E-state index in [1.807, 2.05) is 0 Å². The van der Waals surface area contributed by atoms with Crippen LogP contribution in [-0.2, 0) is 19.1 Å². The molecule has 0 heterocycles. The van der Waals surface area contributed by atoms with Crippen molar-refractivity contribution in [3.63, 3.8) is 0 Å². The molecule has 2 atom stereocenters. The molecular weight excluding hydrogens is 232 g/mol. The first-order valence-corrected chi connectivity index (χ1v) is 6.47. The van der Waals surface area contributed by atoms with Crippen LogP contribution in [0.5, 0.6) is 0 Å². The van der Waals surface area contributed by atoms with Gasteiger partial charge in [0.1, 0.15) is 0 Å². The predicted molar refractivity (Wildman–Crippen MR) is 65.7 cm³/mol. The van der Waals surface area contributed by atoms with Gasteiger partial charge in [-0.05, 0) is 43.9 Å². The van der Waals surface area contributed by atoms with Crippen LogP contribution in [0.15, 0.2) is 12.2 Å². The van der Waals surface area contributed by atoms with E-state index >= 15 is 0 Å². The SMILES string of the molecule is COC(=O)C1(C(=O)OC)CC2C=CCCCC2C1. The average Bonchev–Trinajstić information content (AvgIpc) is 2.64. The zero-order chi connectivity index (χ0) is 13.2. The maximum atomic E-state index is 12.0. The van der Waals surface area contributed by atoms with Crippen LogP contribution in [0, 0.1) is 17.3 Å². The van der Waals surface area contributed by atoms with Crippen LogP contribution >= 0.6 is 0 Å². The van der Waals surface area contributed by atoms with Crippen molar-refractivity contribution in [1.29, 1.82) is 0 Å². The Balaban J connectivity index is 2.28. The highest BCUT2D eigenvalue weighted by Gasteiger charge is 2.56. The van der Waals surface area contributed by atoms with E-state index in [0.29, 0.717) is 24.7 Å². The third-order valence-electron chi connectivity index (χ3n) is 4.28. The Kier molecular flexibility index (Phi) is 3.73. The first-order chi connectivity index (χ1) is 8.64. The lowest BCUT2D eigenvalue weighted by Crippen LogP contribution is -2.39. The van der Waals surface area contributed by atoms with E-state index < -0.39 is 17.4 Å². The summed E-state index contributed by atoms with van der Waals surface area (Å²) in [6.07, 6.45) is 8.68. The number of hydrogen-bond acceptors (Lipinski definition) is 4. The van der Waals surface area contributed by atoms with Crippen LogP contribution in [0.4, 0.5) is 0 Å². The minimum absolute atomic E-state index is 0.297. The van der Waals surface area contributed by atoms with Gasteiger partial charge in [-0.25, -0.2) is 0 Å². The van der Waals surface area contributed by atoms with Gasteiger partial charge in [0.05, 0.1) is 14.2 Å². The van der Waals surface area contributed by atoms with Crippen molar-refractivity contribution >= 4 is 11.9 Å². The van der Waals surface area contributed by atoms with Gasteiger partial charge in [-0.3, -0.25) is 9.59 Å². The second kappa shape index (κ2) is 5.12. The fourth-order valence-corrected chi connectivity index (χ4v) is 3.37. The lowest BCUT2D eigenvalue weighted by atomic mass is 9.84. The maximum absolute atomic E-state index is 12.0. The highest BCUT2D eigenvalue weighted by molar-refractivity contribution is 6.00. The zero-order valence-corrected chi connectivity index (χ0v) is 11.0. The summed E-state index contributed by atoms with van der Waals surface area (Å²) in [6, 6.07) is 0. The van der Waals surface area contributed by atoms with Gasteiger partial charge < -0.3 is 9.47 Å². The first kappa shape index (κ1) is 13.1. The van der Waals surface area contributed by atoms with E-state index in [4.69, 9.17) is 9.47 Å². The molecule has 2 aliphatic rings. The van der Waals surface area contributed by atoms with E-state index in [1.165, 1.54) is 14.2 Å². The number of fused-ring (bicyclic) bond motifs is 1. The van der Waals surface area contributed by atoms with Crippen molar-refractivity contribution < 1.29 is 19.1 Å². The molecular formula is C14H20O4. The van der Waals surface area contributed by atoms with E-state index in [-0.39, 0.29) is 0 Å². The van der Waals surface area contributed by atoms with Crippen LogP contribution < -0.4 is 0 Å². The number of ether oxygens (including phenoxy) is 2. The van der Waals surface area contributed by atoms with Gasteiger partial charge >= 0.3 is 11.9 Å². The lowest BCUT2D eigenvalue weighted by Gasteiger charge is -2.23. The summed E-state index contributed by atoms with van der Waals surface area (Å²) in [5.74, 6) is -0.209. The van der Waals surface area contributed by atoms with Crippen LogP contribution in [-0.4, -0.2) is 26.2 Å². The molecule has 0 bridgehead atoms. The van der Waals surface area contributed by atoms with Gasteiger partial charge in [-0.2, -0.15) is 0 Å². The molecule has 2 aliphatic carbocycles. The van der Waals surface area contributed by atoms with E-state index in [2.05, 4.69) is 12.2 Å². The third kappa shape index (κ3) is 2.04. The molecule has 1 fully saturated rings. The van der Waals surface area contributed by atoms with Crippen molar-refractivity contribution in [3.05, 3.63) is 12.2 Å². The van der Waals surface area contributed by atoms with Gasteiger partial charge in [-0.1, -0.05) is 12.2 Å². The summed E-state index contributed by atoms with van der Waals surface area (Å²) < 4.78 is 9.67. The van der Waals surface area contributed by atoms with Gasteiger partial charge in [0.15, 0.2) is 5.41 Å². The molecule has 0 saturated heterocycles. The van der Waals surface area contributed by atoms with Gasteiger partial charge in [0, 0.05) is 0 Å². The van der Waals surface area contributed by atoms with Crippen LogP contribution in [0.25, 0.3) is 0 Å². The minimum atomic E-state index is -1.08. The molecule has 4 heteroatoms. The third-order valence-corrected chi connectivity index (χ3v) is 4.28. The molecule has 0 N–H and O–H groups in total. The van der Waals surface area contributed by atoms with Gasteiger partial charge in [-0.15, -0.1) is 0 Å². The van der Waals surface area contributed by atoms with Crippen molar-refractivity contribution in [2.45, 2.75) is 32.1 Å². The molecule has 2 unspecified atom stereocenters. The summed E-state index contributed by atoms with van der Waals surface area (Å²) in [7, 11) is 2.66. The molecule has 18 heavy (non-hydrogen) atoms. The van der Waals surface area contributed by atoms with Crippen molar-refractivity contribution in [2.75, 3.05) is 14.2 Å². The van der Waals surface area contributed by atoms with Gasteiger partial charge in [0.2, 0.25) is 0 Å².